The molecule has 3 aromatic heterocycles. The van der Waals surface area contributed by atoms with Crippen LogP contribution in [0.3, 0.4) is 0 Å². The van der Waals surface area contributed by atoms with Gasteiger partial charge in [0.25, 0.3) is 5.56 Å². The fourth-order valence-electron chi connectivity index (χ4n) is 1.89. The number of fused-ring (bicyclic) bond motifs is 1. The molecule has 0 fully saturated rings. The fraction of sp³-hybridized carbons (Fsp3) is 0.0833. The van der Waals surface area contributed by atoms with E-state index in [1.807, 2.05) is 6.07 Å². The Balaban J connectivity index is 1.95. The number of pyridine rings is 1. The minimum atomic E-state index is -0.0824. The van der Waals surface area contributed by atoms with Crippen molar-refractivity contribution in [3.8, 4) is 0 Å². The van der Waals surface area contributed by atoms with E-state index in [1.165, 1.54) is 0 Å². The summed E-state index contributed by atoms with van der Waals surface area (Å²) in [4.78, 5) is 16.3. The molecule has 7 heteroatoms. The van der Waals surface area contributed by atoms with Gasteiger partial charge >= 0.3 is 0 Å². The highest BCUT2D eigenvalue weighted by molar-refractivity contribution is 5.42. The Morgan fingerprint density at radius 2 is 2.16 bits per heavy atom. The normalized spacial score (nSPS) is 10.8. The van der Waals surface area contributed by atoms with Crippen molar-refractivity contribution < 1.29 is 0 Å². The van der Waals surface area contributed by atoms with Crippen LogP contribution in [0.4, 0.5) is 5.82 Å². The molecule has 0 aromatic carbocycles. The van der Waals surface area contributed by atoms with E-state index in [0.29, 0.717) is 17.9 Å². The summed E-state index contributed by atoms with van der Waals surface area (Å²) in [6.07, 6.45) is 6.74. The Labute approximate surface area is 108 Å². The smallest absolute Gasteiger partial charge is 0.276 e. The molecule has 3 heterocycles. The number of nitrogens with one attached hydrogen (secondary N) is 1. The molecule has 0 amide bonds. The van der Waals surface area contributed by atoms with E-state index >= 15 is 0 Å². The van der Waals surface area contributed by atoms with Crippen molar-refractivity contribution in [3.05, 3.63) is 58.9 Å². The van der Waals surface area contributed by atoms with Gasteiger partial charge in [0.15, 0.2) is 0 Å². The molecule has 3 aromatic rings. The van der Waals surface area contributed by atoms with Gasteiger partial charge in [-0.3, -0.25) is 4.79 Å². The Bertz CT molecular complexity index is 758. The van der Waals surface area contributed by atoms with E-state index in [1.54, 1.807) is 46.0 Å². The van der Waals surface area contributed by atoms with E-state index < -0.39 is 0 Å². The van der Waals surface area contributed by atoms with Gasteiger partial charge in [-0.1, -0.05) is 6.07 Å². The average Bonchev–Trinajstić information content (AvgIpc) is 2.92. The molecule has 0 bridgehead atoms. The molecule has 3 rings (SSSR count). The highest BCUT2D eigenvalue weighted by Crippen LogP contribution is 2.05. The molecule has 0 spiro atoms. The van der Waals surface area contributed by atoms with Crippen molar-refractivity contribution >= 4 is 11.3 Å². The van der Waals surface area contributed by atoms with Crippen LogP contribution in [0.5, 0.6) is 0 Å². The number of hydrogen-bond acceptors (Lipinski definition) is 5. The van der Waals surface area contributed by atoms with Gasteiger partial charge in [0.1, 0.15) is 11.3 Å². The number of hydrazine groups is 1. The van der Waals surface area contributed by atoms with Crippen LogP contribution >= 0.6 is 0 Å². The molecule has 0 aliphatic carbocycles. The molecule has 0 saturated heterocycles. The van der Waals surface area contributed by atoms with Crippen LogP contribution in [0.25, 0.3) is 5.52 Å². The zero-order valence-electron chi connectivity index (χ0n) is 10.0. The third-order valence-electron chi connectivity index (χ3n) is 2.86. The van der Waals surface area contributed by atoms with Crippen LogP contribution in [0.15, 0.2) is 47.8 Å². The van der Waals surface area contributed by atoms with E-state index in [-0.39, 0.29) is 5.56 Å². The van der Waals surface area contributed by atoms with Crippen molar-refractivity contribution in [1.29, 1.82) is 0 Å². The summed E-state index contributed by atoms with van der Waals surface area (Å²) < 4.78 is 3.17. The lowest BCUT2D eigenvalue weighted by Crippen LogP contribution is -2.21. The van der Waals surface area contributed by atoms with E-state index in [4.69, 9.17) is 5.84 Å². The zero-order chi connectivity index (χ0) is 13.2. The summed E-state index contributed by atoms with van der Waals surface area (Å²) in [7, 11) is 0. The van der Waals surface area contributed by atoms with Crippen LogP contribution in [0.2, 0.25) is 0 Å². The molecule has 19 heavy (non-hydrogen) atoms. The van der Waals surface area contributed by atoms with Crippen molar-refractivity contribution in [1.82, 2.24) is 19.2 Å². The Hall–Kier alpha value is -2.67. The molecular formula is C12H12N6O. The number of rotatable bonds is 3. The zero-order valence-corrected chi connectivity index (χ0v) is 10.0. The maximum absolute atomic E-state index is 12.2. The lowest BCUT2D eigenvalue weighted by Gasteiger charge is -2.06. The second-order valence-electron chi connectivity index (χ2n) is 4.09. The lowest BCUT2D eigenvalue weighted by molar-refractivity contribution is 0.740. The summed E-state index contributed by atoms with van der Waals surface area (Å²) in [5, 5.41) is 4.02. The summed E-state index contributed by atoms with van der Waals surface area (Å²) in [5.41, 5.74) is 3.85. The molecular weight excluding hydrogens is 244 g/mol. The first-order valence-corrected chi connectivity index (χ1v) is 5.72. The van der Waals surface area contributed by atoms with Crippen molar-refractivity contribution in [3.63, 3.8) is 0 Å². The minimum Gasteiger partial charge on any atom is -0.308 e. The molecule has 0 aliphatic heterocycles. The molecule has 0 saturated carbocycles. The first-order chi connectivity index (χ1) is 9.28. The maximum atomic E-state index is 12.2. The Morgan fingerprint density at radius 3 is 2.89 bits per heavy atom. The largest absolute Gasteiger partial charge is 0.308 e. The summed E-state index contributed by atoms with van der Waals surface area (Å²) >= 11 is 0. The van der Waals surface area contributed by atoms with Crippen LogP contribution in [-0.4, -0.2) is 19.2 Å². The molecule has 0 unspecified atom stereocenters. The summed E-state index contributed by atoms with van der Waals surface area (Å²) in [6, 6.07) is 5.32. The highest BCUT2D eigenvalue weighted by Gasteiger charge is 2.04. The topological polar surface area (TPSA) is 90.2 Å². The van der Waals surface area contributed by atoms with Crippen LogP contribution in [0.1, 0.15) is 5.56 Å². The lowest BCUT2D eigenvalue weighted by atomic mass is 10.3. The van der Waals surface area contributed by atoms with E-state index in [9.17, 15) is 4.79 Å². The number of hydrogen-bond donors (Lipinski definition) is 2. The number of nitrogens with two attached hydrogens (primary N) is 1. The quantitative estimate of drug-likeness (QED) is 0.517. The van der Waals surface area contributed by atoms with E-state index in [2.05, 4.69) is 15.5 Å². The van der Waals surface area contributed by atoms with Crippen molar-refractivity contribution in [2.75, 3.05) is 5.43 Å². The minimum absolute atomic E-state index is 0.0824. The molecule has 0 aliphatic rings. The van der Waals surface area contributed by atoms with Gasteiger partial charge in [0.2, 0.25) is 0 Å². The number of anilines is 1. The Morgan fingerprint density at radius 1 is 1.26 bits per heavy atom. The third kappa shape index (κ3) is 2.06. The number of nitrogens with zero attached hydrogens (tertiary/aromatic N) is 4. The van der Waals surface area contributed by atoms with Gasteiger partial charge in [-0.05, 0) is 17.7 Å². The Kier molecular flexibility index (Phi) is 2.73. The van der Waals surface area contributed by atoms with Crippen LogP contribution < -0.4 is 16.8 Å². The molecule has 0 radical (unpaired) electrons. The summed E-state index contributed by atoms with van der Waals surface area (Å²) in [6.45, 7) is 0.457. The number of nitrogen functional groups attached to an aromatic ring is 1. The van der Waals surface area contributed by atoms with Crippen LogP contribution in [0, 0.1) is 0 Å². The van der Waals surface area contributed by atoms with Gasteiger partial charge in [0.05, 0.1) is 12.7 Å². The van der Waals surface area contributed by atoms with Gasteiger partial charge in [-0.2, -0.15) is 5.10 Å². The van der Waals surface area contributed by atoms with E-state index in [0.717, 1.165) is 5.56 Å². The second-order valence-corrected chi connectivity index (χ2v) is 4.09. The molecule has 7 nitrogen and oxygen atoms in total. The van der Waals surface area contributed by atoms with Gasteiger partial charge in [-0.25, -0.2) is 15.3 Å². The molecule has 3 N–H and O–H groups in total. The highest BCUT2D eigenvalue weighted by atomic mass is 16.1. The van der Waals surface area contributed by atoms with Gasteiger partial charge < -0.3 is 9.99 Å². The predicted molar refractivity (Wildman–Crippen MR) is 70.6 cm³/mol. The monoisotopic (exact) mass is 256 g/mol. The first-order valence-electron chi connectivity index (χ1n) is 5.72. The first kappa shape index (κ1) is 11.4. The van der Waals surface area contributed by atoms with Crippen molar-refractivity contribution in [2.45, 2.75) is 6.54 Å². The van der Waals surface area contributed by atoms with Crippen molar-refractivity contribution in [2.24, 2.45) is 5.84 Å². The second kappa shape index (κ2) is 4.54. The average molecular weight is 256 g/mol. The van der Waals surface area contributed by atoms with Gasteiger partial charge in [0, 0.05) is 18.6 Å². The third-order valence-corrected chi connectivity index (χ3v) is 2.86. The fourth-order valence-corrected chi connectivity index (χ4v) is 1.89. The number of aromatic nitrogens is 4. The SMILES string of the molecule is NNc1ccc(Cn2ccn3nccc3c2=O)cn1. The molecule has 0 atom stereocenters. The molecule has 96 valence electrons. The predicted octanol–water partition coefficient (Wildman–Crippen LogP) is 0.225. The van der Waals surface area contributed by atoms with Gasteiger partial charge in [-0.15, -0.1) is 0 Å². The standard InChI is InChI=1S/C12H12N6O/c13-16-11-2-1-9(7-14-11)8-17-5-6-18-10(12(17)19)3-4-15-18/h1-7H,8,13H2,(H,14,16). The maximum Gasteiger partial charge on any atom is 0.276 e. The van der Waals surface area contributed by atoms with Crippen LogP contribution in [-0.2, 0) is 6.54 Å². The summed E-state index contributed by atoms with van der Waals surface area (Å²) in [5.74, 6) is 5.84.